The minimum absolute atomic E-state index is 0.593. The Balaban J connectivity index is 1.25. The standard InChI is InChI=1S/C21H32ClN7O/c22-19-6-7-21-20(18-19)24-9-11-29(21)28-14-12-27(13-15-28)10-3-5-17-30-16-4-1-2-8-25-26-23/h6-7,9,18H,1-5,8,10-17H2. The Labute approximate surface area is 184 Å². The van der Waals surface area contributed by atoms with Gasteiger partial charge in [0.05, 0.1) is 17.9 Å². The number of unbranched alkanes of at least 4 members (excludes halogenated alkanes) is 3. The summed E-state index contributed by atoms with van der Waals surface area (Å²) in [4.78, 5) is 9.80. The number of benzene rings is 1. The summed E-state index contributed by atoms with van der Waals surface area (Å²) in [7, 11) is 0. The molecule has 0 bridgehead atoms. The van der Waals surface area contributed by atoms with E-state index in [0.29, 0.717) is 6.54 Å². The SMILES string of the molecule is [N-]=[N+]=NCCCCCOCCCCN1CCN(N2CC=Nc3cc(Cl)ccc32)CC1. The van der Waals surface area contributed by atoms with E-state index in [4.69, 9.17) is 21.9 Å². The number of hydrazine groups is 1. The van der Waals surface area contributed by atoms with Crippen molar-refractivity contribution in [3.05, 3.63) is 33.7 Å². The van der Waals surface area contributed by atoms with Crippen LogP contribution >= 0.6 is 11.6 Å². The predicted octanol–water partition coefficient (Wildman–Crippen LogP) is 4.67. The van der Waals surface area contributed by atoms with Gasteiger partial charge in [-0.05, 0) is 56.0 Å². The van der Waals surface area contributed by atoms with Crippen LogP contribution < -0.4 is 5.01 Å². The maximum absolute atomic E-state index is 8.22. The van der Waals surface area contributed by atoms with Crippen molar-refractivity contribution in [1.29, 1.82) is 0 Å². The molecule has 1 fully saturated rings. The normalized spacial score (nSPS) is 17.0. The number of aliphatic imine (C=N–C) groups is 1. The molecule has 0 spiro atoms. The van der Waals surface area contributed by atoms with Crippen molar-refractivity contribution in [2.24, 2.45) is 10.1 Å². The molecular weight excluding hydrogens is 402 g/mol. The molecule has 2 heterocycles. The van der Waals surface area contributed by atoms with Gasteiger partial charge in [-0.3, -0.25) is 10.0 Å². The molecule has 1 saturated heterocycles. The van der Waals surface area contributed by atoms with Gasteiger partial charge in [-0.2, -0.15) is 0 Å². The minimum atomic E-state index is 0.593. The quantitative estimate of drug-likeness (QED) is 0.207. The van der Waals surface area contributed by atoms with E-state index in [1.165, 1.54) is 6.42 Å². The summed E-state index contributed by atoms with van der Waals surface area (Å²) in [6, 6.07) is 5.94. The van der Waals surface area contributed by atoms with Gasteiger partial charge in [-0.1, -0.05) is 23.1 Å². The van der Waals surface area contributed by atoms with E-state index in [0.717, 1.165) is 94.6 Å². The number of fused-ring (bicyclic) bond motifs is 1. The van der Waals surface area contributed by atoms with Crippen LogP contribution in [0.25, 0.3) is 10.4 Å². The van der Waals surface area contributed by atoms with Crippen LogP contribution in [0.3, 0.4) is 0 Å². The van der Waals surface area contributed by atoms with Gasteiger partial charge in [0.15, 0.2) is 0 Å². The molecule has 0 aromatic heterocycles. The third-order valence-electron chi connectivity index (χ3n) is 5.51. The Morgan fingerprint density at radius 2 is 1.87 bits per heavy atom. The molecule has 2 aliphatic heterocycles. The molecule has 2 aliphatic rings. The van der Waals surface area contributed by atoms with Gasteiger partial charge in [0.25, 0.3) is 0 Å². The van der Waals surface area contributed by atoms with Gasteiger partial charge in [0, 0.05) is 62.1 Å². The first-order valence-corrected chi connectivity index (χ1v) is 11.3. The molecule has 1 aromatic rings. The monoisotopic (exact) mass is 433 g/mol. The zero-order valence-corrected chi connectivity index (χ0v) is 18.4. The lowest BCUT2D eigenvalue weighted by Crippen LogP contribution is -2.55. The van der Waals surface area contributed by atoms with Gasteiger partial charge in [-0.25, -0.2) is 5.01 Å². The number of halogens is 1. The summed E-state index contributed by atoms with van der Waals surface area (Å²) in [6.07, 6.45) is 7.29. The second-order valence-electron chi connectivity index (χ2n) is 7.66. The summed E-state index contributed by atoms with van der Waals surface area (Å²) in [6.45, 7) is 8.42. The van der Waals surface area contributed by atoms with E-state index >= 15 is 0 Å². The van der Waals surface area contributed by atoms with Crippen molar-refractivity contribution in [1.82, 2.24) is 9.91 Å². The lowest BCUT2D eigenvalue weighted by atomic mass is 10.2. The number of hydrogen-bond acceptors (Lipinski definition) is 6. The first-order valence-electron chi connectivity index (χ1n) is 10.9. The number of anilines is 1. The Morgan fingerprint density at radius 1 is 1.07 bits per heavy atom. The summed E-state index contributed by atoms with van der Waals surface area (Å²) < 4.78 is 5.71. The van der Waals surface area contributed by atoms with E-state index in [9.17, 15) is 0 Å². The van der Waals surface area contributed by atoms with Gasteiger partial charge >= 0.3 is 0 Å². The van der Waals surface area contributed by atoms with Crippen LogP contribution in [-0.4, -0.2) is 75.2 Å². The lowest BCUT2D eigenvalue weighted by molar-refractivity contribution is 0.108. The number of hydrogen-bond donors (Lipinski definition) is 0. The van der Waals surface area contributed by atoms with Gasteiger partial charge in [0.1, 0.15) is 0 Å². The van der Waals surface area contributed by atoms with Crippen LogP contribution in [0.4, 0.5) is 11.4 Å². The molecule has 1 aromatic carbocycles. The van der Waals surface area contributed by atoms with Gasteiger partial charge in [0.2, 0.25) is 0 Å². The first-order chi connectivity index (χ1) is 14.8. The van der Waals surface area contributed by atoms with Crippen molar-refractivity contribution in [3.8, 4) is 0 Å². The smallest absolute Gasteiger partial charge is 0.0888 e. The topological polar surface area (TPSA) is 80.1 Å². The van der Waals surface area contributed by atoms with Crippen molar-refractivity contribution in [2.45, 2.75) is 32.1 Å². The van der Waals surface area contributed by atoms with E-state index in [-0.39, 0.29) is 0 Å². The van der Waals surface area contributed by atoms with E-state index in [1.807, 2.05) is 18.3 Å². The molecule has 0 saturated carbocycles. The minimum Gasteiger partial charge on any atom is -0.381 e. The van der Waals surface area contributed by atoms with Crippen LogP contribution in [0.1, 0.15) is 32.1 Å². The van der Waals surface area contributed by atoms with E-state index in [1.54, 1.807) is 0 Å². The molecule has 0 aliphatic carbocycles. The molecule has 0 N–H and O–H groups in total. The number of rotatable bonds is 12. The Kier molecular flexibility index (Phi) is 9.73. The maximum Gasteiger partial charge on any atom is 0.0888 e. The highest BCUT2D eigenvalue weighted by atomic mass is 35.5. The molecule has 30 heavy (non-hydrogen) atoms. The fraction of sp³-hybridized carbons (Fsp3) is 0.667. The summed E-state index contributed by atoms with van der Waals surface area (Å²) >= 11 is 6.11. The lowest BCUT2D eigenvalue weighted by Gasteiger charge is -2.43. The molecule has 0 amide bonds. The molecule has 0 radical (unpaired) electrons. The molecule has 0 unspecified atom stereocenters. The van der Waals surface area contributed by atoms with Crippen molar-refractivity contribution in [3.63, 3.8) is 0 Å². The molecule has 3 rings (SSSR count). The molecule has 0 atom stereocenters. The first kappa shape index (κ1) is 22.8. The highest BCUT2D eigenvalue weighted by Crippen LogP contribution is 2.34. The van der Waals surface area contributed by atoms with Crippen LogP contribution in [0.5, 0.6) is 0 Å². The zero-order chi connectivity index (χ0) is 21.0. The second kappa shape index (κ2) is 12.8. The molecular formula is C21H32ClN7O. The summed E-state index contributed by atoms with van der Waals surface area (Å²) in [5, 5.41) is 9.03. The Morgan fingerprint density at radius 3 is 2.67 bits per heavy atom. The van der Waals surface area contributed by atoms with Crippen LogP contribution in [0.15, 0.2) is 28.3 Å². The third kappa shape index (κ3) is 7.15. The second-order valence-corrected chi connectivity index (χ2v) is 8.09. The van der Waals surface area contributed by atoms with E-state index in [2.05, 4.69) is 36.0 Å². The average molecular weight is 434 g/mol. The highest BCUT2D eigenvalue weighted by molar-refractivity contribution is 6.31. The fourth-order valence-electron chi connectivity index (χ4n) is 3.85. The van der Waals surface area contributed by atoms with Crippen LogP contribution in [-0.2, 0) is 4.74 Å². The molecule has 8 nitrogen and oxygen atoms in total. The fourth-order valence-corrected chi connectivity index (χ4v) is 4.02. The van der Waals surface area contributed by atoms with Crippen molar-refractivity contribution >= 4 is 29.2 Å². The highest BCUT2D eigenvalue weighted by Gasteiger charge is 2.24. The summed E-state index contributed by atoms with van der Waals surface area (Å²) in [5.74, 6) is 0. The van der Waals surface area contributed by atoms with Crippen LogP contribution in [0.2, 0.25) is 5.02 Å². The molecule has 9 heteroatoms. The van der Waals surface area contributed by atoms with Gasteiger partial charge in [-0.15, -0.1) is 0 Å². The van der Waals surface area contributed by atoms with Crippen molar-refractivity contribution in [2.75, 3.05) is 64.0 Å². The third-order valence-corrected chi connectivity index (χ3v) is 5.75. The zero-order valence-electron chi connectivity index (χ0n) is 17.6. The maximum atomic E-state index is 8.22. The number of piperazine rings is 1. The van der Waals surface area contributed by atoms with Gasteiger partial charge < -0.3 is 9.64 Å². The molecule has 164 valence electrons. The van der Waals surface area contributed by atoms with Crippen molar-refractivity contribution < 1.29 is 4.74 Å². The van der Waals surface area contributed by atoms with Crippen LogP contribution in [0, 0.1) is 0 Å². The Bertz CT molecular complexity index is 730. The number of ether oxygens (including phenoxy) is 1. The summed E-state index contributed by atoms with van der Waals surface area (Å²) in [5.41, 5.74) is 10.3. The average Bonchev–Trinajstić information content (AvgIpc) is 2.77. The number of azide groups is 1. The van der Waals surface area contributed by atoms with E-state index < -0.39 is 0 Å². The predicted molar refractivity (Wildman–Crippen MR) is 123 cm³/mol. The number of nitrogens with zero attached hydrogens (tertiary/aromatic N) is 7. The Hall–Kier alpha value is -1.83. The largest absolute Gasteiger partial charge is 0.381 e.